The van der Waals surface area contributed by atoms with Crippen LogP contribution in [-0.2, 0) is 0 Å². The zero-order valence-corrected chi connectivity index (χ0v) is 12.3. The molecule has 5 heteroatoms. The fraction of sp³-hybridized carbons (Fsp3) is 0.118. The molecule has 0 atom stereocenters. The first kappa shape index (κ1) is 12.8. The quantitative estimate of drug-likeness (QED) is 0.584. The van der Waals surface area contributed by atoms with Gasteiger partial charge in [0.15, 0.2) is 5.65 Å². The Morgan fingerprint density at radius 1 is 1.09 bits per heavy atom. The van der Waals surface area contributed by atoms with Crippen molar-refractivity contribution in [1.82, 2.24) is 19.4 Å². The summed E-state index contributed by atoms with van der Waals surface area (Å²) in [6, 6.07) is 9.10. The maximum atomic E-state index is 9.81. The summed E-state index contributed by atoms with van der Waals surface area (Å²) in [6.45, 7) is 3.96. The zero-order chi connectivity index (χ0) is 15.3. The molecule has 0 bridgehead atoms. The minimum absolute atomic E-state index is 0.223. The van der Waals surface area contributed by atoms with Crippen molar-refractivity contribution in [3.8, 4) is 17.1 Å². The van der Waals surface area contributed by atoms with Crippen molar-refractivity contribution < 1.29 is 5.11 Å². The van der Waals surface area contributed by atoms with Gasteiger partial charge in [-0.2, -0.15) is 0 Å². The first-order valence-corrected chi connectivity index (χ1v) is 7.04. The van der Waals surface area contributed by atoms with Gasteiger partial charge in [0.2, 0.25) is 0 Å². The maximum absolute atomic E-state index is 9.81. The van der Waals surface area contributed by atoms with Crippen LogP contribution in [0, 0.1) is 13.8 Å². The lowest BCUT2D eigenvalue weighted by atomic mass is 10.1. The van der Waals surface area contributed by atoms with Crippen molar-refractivity contribution in [2.75, 3.05) is 0 Å². The van der Waals surface area contributed by atoms with Gasteiger partial charge in [-0.1, -0.05) is 6.07 Å². The van der Waals surface area contributed by atoms with E-state index in [2.05, 4.69) is 15.0 Å². The number of nitrogens with zero attached hydrogens (tertiary/aromatic N) is 4. The lowest BCUT2D eigenvalue weighted by molar-refractivity contribution is 0.475. The second-order valence-electron chi connectivity index (χ2n) is 5.35. The summed E-state index contributed by atoms with van der Waals surface area (Å²) in [4.78, 5) is 13.6. The van der Waals surface area contributed by atoms with Crippen molar-refractivity contribution in [2.24, 2.45) is 0 Å². The SMILES string of the molecule is Cc1ccc(O)cc1-c1ncc2c(C)nc3cccnc3n12. The van der Waals surface area contributed by atoms with Gasteiger partial charge in [-0.05, 0) is 43.7 Å². The molecular weight excluding hydrogens is 276 g/mol. The van der Waals surface area contributed by atoms with E-state index in [-0.39, 0.29) is 5.75 Å². The summed E-state index contributed by atoms with van der Waals surface area (Å²) >= 11 is 0. The van der Waals surface area contributed by atoms with Crippen LogP contribution in [0.2, 0.25) is 0 Å². The van der Waals surface area contributed by atoms with Crippen molar-refractivity contribution in [1.29, 1.82) is 0 Å². The predicted octanol–water partition coefficient (Wildman–Crippen LogP) is 3.27. The molecular formula is C17H14N4O. The highest BCUT2D eigenvalue weighted by Gasteiger charge is 2.15. The van der Waals surface area contributed by atoms with Gasteiger partial charge in [-0.3, -0.25) is 4.40 Å². The summed E-state index contributed by atoms with van der Waals surface area (Å²) in [7, 11) is 0. The standard InChI is InChI=1S/C17H14N4O/c1-10-5-6-12(22)8-13(10)16-19-9-15-11(2)20-14-4-3-7-18-17(14)21(15)16/h3-9,22H,1-2H3. The highest BCUT2D eigenvalue weighted by molar-refractivity contribution is 5.80. The summed E-state index contributed by atoms with van der Waals surface area (Å²) < 4.78 is 2.00. The average molecular weight is 290 g/mol. The minimum atomic E-state index is 0.223. The van der Waals surface area contributed by atoms with Crippen LogP contribution in [0.5, 0.6) is 5.75 Å². The van der Waals surface area contributed by atoms with E-state index in [1.54, 1.807) is 24.5 Å². The third-order valence-corrected chi connectivity index (χ3v) is 3.86. The monoisotopic (exact) mass is 290 g/mol. The number of phenols is 1. The van der Waals surface area contributed by atoms with Crippen LogP contribution in [-0.4, -0.2) is 24.5 Å². The Bertz CT molecular complexity index is 1020. The number of aryl methyl sites for hydroxylation is 2. The van der Waals surface area contributed by atoms with Gasteiger partial charge in [0.1, 0.15) is 17.1 Å². The molecule has 0 saturated carbocycles. The van der Waals surface area contributed by atoms with Crippen LogP contribution < -0.4 is 0 Å². The van der Waals surface area contributed by atoms with Gasteiger partial charge in [-0.25, -0.2) is 15.0 Å². The zero-order valence-electron chi connectivity index (χ0n) is 12.3. The van der Waals surface area contributed by atoms with Crippen LogP contribution in [0.15, 0.2) is 42.7 Å². The normalized spacial score (nSPS) is 11.4. The molecule has 4 rings (SSSR count). The molecule has 0 aliphatic rings. The Hall–Kier alpha value is -2.95. The molecule has 0 fully saturated rings. The van der Waals surface area contributed by atoms with Crippen molar-refractivity contribution in [2.45, 2.75) is 13.8 Å². The number of hydrogen-bond donors (Lipinski definition) is 1. The topological polar surface area (TPSA) is 63.3 Å². The Morgan fingerprint density at radius 3 is 2.82 bits per heavy atom. The highest BCUT2D eigenvalue weighted by atomic mass is 16.3. The number of benzene rings is 1. The van der Waals surface area contributed by atoms with Gasteiger partial charge in [0, 0.05) is 11.8 Å². The molecule has 0 amide bonds. The lowest BCUT2D eigenvalue weighted by Crippen LogP contribution is -1.99. The summed E-state index contributed by atoms with van der Waals surface area (Å²) in [5, 5.41) is 9.81. The molecule has 0 aliphatic heterocycles. The number of aromatic nitrogens is 4. The number of pyridine rings is 1. The van der Waals surface area contributed by atoms with Gasteiger partial charge in [-0.15, -0.1) is 0 Å². The molecule has 0 saturated heterocycles. The molecule has 5 nitrogen and oxygen atoms in total. The van der Waals surface area contributed by atoms with E-state index in [0.717, 1.165) is 39.3 Å². The molecule has 0 radical (unpaired) electrons. The minimum Gasteiger partial charge on any atom is -0.508 e. The van der Waals surface area contributed by atoms with E-state index in [1.807, 2.05) is 36.4 Å². The lowest BCUT2D eigenvalue weighted by Gasteiger charge is -2.09. The molecule has 3 heterocycles. The number of hydrogen-bond acceptors (Lipinski definition) is 4. The fourth-order valence-corrected chi connectivity index (χ4v) is 2.75. The summed E-state index contributed by atoms with van der Waals surface area (Å²) in [5.74, 6) is 0.984. The van der Waals surface area contributed by atoms with Crippen molar-refractivity contribution >= 4 is 16.7 Å². The molecule has 3 aromatic heterocycles. The third-order valence-electron chi connectivity index (χ3n) is 3.86. The molecule has 108 valence electrons. The largest absolute Gasteiger partial charge is 0.508 e. The number of rotatable bonds is 1. The first-order valence-electron chi connectivity index (χ1n) is 7.04. The maximum Gasteiger partial charge on any atom is 0.164 e. The van der Waals surface area contributed by atoms with E-state index in [0.29, 0.717) is 0 Å². The van der Waals surface area contributed by atoms with Crippen LogP contribution in [0.25, 0.3) is 28.1 Å². The second kappa shape index (κ2) is 4.53. The molecule has 1 N–H and O–H groups in total. The molecule has 0 spiro atoms. The Labute approximate surface area is 126 Å². The highest BCUT2D eigenvalue weighted by Crippen LogP contribution is 2.29. The summed E-state index contributed by atoms with van der Waals surface area (Å²) in [6.07, 6.45) is 3.55. The third kappa shape index (κ3) is 1.75. The van der Waals surface area contributed by atoms with E-state index < -0.39 is 0 Å². The van der Waals surface area contributed by atoms with E-state index in [4.69, 9.17) is 0 Å². The Balaban J connectivity index is 2.18. The number of imidazole rings is 1. The Morgan fingerprint density at radius 2 is 1.95 bits per heavy atom. The fourth-order valence-electron chi connectivity index (χ4n) is 2.75. The van der Waals surface area contributed by atoms with Crippen molar-refractivity contribution in [3.05, 3.63) is 54.0 Å². The van der Waals surface area contributed by atoms with E-state index >= 15 is 0 Å². The Kier molecular flexibility index (Phi) is 2.63. The molecule has 1 aromatic carbocycles. The smallest absolute Gasteiger partial charge is 0.164 e. The van der Waals surface area contributed by atoms with Gasteiger partial charge < -0.3 is 5.11 Å². The molecule has 22 heavy (non-hydrogen) atoms. The number of phenolic OH excluding ortho intramolecular Hbond substituents is 1. The van der Waals surface area contributed by atoms with Gasteiger partial charge in [0.05, 0.1) is 17.4 Å². The number of fused-ring (bicyclic) bond motifs is 3. The average Bonchev–Trinajstić information content (AvgIpc) is 2.95. The van der Waals surface area contributed by atoms with E-state index in [1.165, 1.54) is 0 Å². The van der Waals surface area contributed by atoms with Gasteiger partial charge in [0.25, 0.3) is 0 Å². The molecule has 0 aliphatic carbocycles. The van der Waals surface area contributed by atoms with Crippen molar-refractivity contribution in [3.63, 3.8) is 0 Å². The number of aromatic hydroxyl groups is 1. The van der Waals surface area contributed by atoms with E-state index in [9.17, 15) is 5.11 Å². The van der Waals surface area contributed by atoms with Crippen LogP contribution >= 0.6 is 0 Å². The van der Waals surface area contributed by atoms with Crippen LogP contribution in [0.3, 0.4) is 0 Å². The van der Waals surface area contributed by atoms with Gasteiger partial charge >= 0.3 is 0 Å². The van der Waals surface area contributed by atoms with Crippen LogP contribution in [0.1, 0.15) is 11.3 Å². The predicted molar refractivity (Wildman–Crippen MR) is 84.9 cm³/mol. The van der Waals surface area contributed by atoms with Crippen LogP contribution in [0.4, 0.5) is 0 Å². The molecule has 0 unspecified atom stereocenters. The summed E-state index contributed by atoms with van der Waals surface area (Å²) in [5.41, 5.74) is 5.34. The molecule has 4 aromatic rings. The first-order chi connectivity index (χ1) is 10.6. The second-order valence-corrected chi connectivity index (χ2v) is 5.35.